The molecule has 0 saturated heterocycles. The fourth-order valence-electron chi connectivity index (χ4n) is 3.07. The summed E-state index contributed by atoms with van der Waals surface area (Å²) in [4.78, 5) is 11.0. The normalized spacial score (nSPS) is 18.5. The van der Waals surface area contributed by atoms with E-state index in [1.54, 1.807) is 6.92 Å². The molecule has 0 aromatic carbocycles. The number of carboxylic acids is 1. The van der Waals surface area contributed by atoms with Crippen LogP contribution in [0.4, 0.5) is 0 Å². The van der Waals surface area contributed by atoms with Crippen LogP contribution in [0.25, 0.3) is 0 Å². The molecule has 1 aliphatic carbocycles. The van der Waals surface area contributed by atoms with Crippen LogP contribution in [-0.4, -0.2) is 20.9 Å². The summed E-state index contributed by atoms with van der Waals surface area (Å²) in [6.07, 6.45) is 6.89. The molecule has 1 unspecified atom stereocenters. The molecule has 0 aliphatic heterocycles. The molecule has 1 fully saturated rings. The van der Waals surface area contributed by atoms with E-state index in [-0.39, 0.29) is 5.92 Å². The van der Waals surface area contributed by atoms with Crippen molar-refractivity contribution in [1.29, 1.82) is 0 Å². The molecule has 4 heteroatoms. The Kier molecular flexibility index (Phi) is 4.27. The Morgan fingerprint density at radius 3 is 2.58 bits per heavy atom. The molecule has 1 aromatic rings. The van der Waals surface area contributed by atoms with Crippen molar-refractivity contribution in [3.8, 4) is 0 Å². The summed E-state index contributed by atoms with van der Waals surface area (Å²) in [5, 5.41) is 13.7. The van der Waals surface area contributed by atoms with Crippen LogP contribution < -0.4 is 0 Å². The average molecular weight is 264 g/mol. The van der Waals surface area contributed by atoms with E-state index in [2.05, 4.69) is 16.7 Å². The SMILES string of the molecule is Cc1nn(C2CCCCC2)c(C)c1CC(C)C(=O)O. The fourth-order valence-corrected chi connectivity index (χ4v) is 3.07. The van der Waals surface area contributed by atoms with Gasteiger partial charge in [-0.15, -0.1) is 0 Å². The van der Waals surface area contributed by atoms with E-state index in [9.17, 15) is 4.79 Å². The van der Waals surface area contributed by atoms with Gasteiger partial charge >= 0.3 is 5.97 Å². The summed E-state index contributed by atoms with van der Waals surface area (Å²) in [6.45, 7) is 5.84. The number of carbonyl (C=O) groups is 1. The van der Waals surface area contributed by atoms with Gasteiger partial charge in [-0.25, -0.2) is 0 Å². The number of aromatic nitrogens is 2. The van der Waals surface area contributed by atoms with Gasteiger partial charge in [-0.3, -0.25) is 9.48 Å². The smallest absolute Gasteiger partial charge is 0.306 e. The molecule has 0 radical (unpaired) electrons. The van der Waals surface area contributed by atoms with Gasteiger partial charge in [0.05, 0.1) is 17.7 Å². The minimum absolute atomic E-state index is 0.346. The van der Waals surface area contributed by atoms with Crippen molar-refractivity contribution in [2.75, 3.05) is 0 Å². The quantitative estimate of drug-likeness (QED) is 0.908. The zero-order valence-electron chi connectivity index (χ0n) is 12.1. The Labute approximate surface area is 114 Å². The molecule has 1 heterocycles. The number of aliphatic carboxylic acids is 1. The van der Waals surface area contributed by atoms with Gasteiger partial charge in [0.1, 0.15) is 0 Å². The van der Waals surface area contributed by atoms with Crippen LogP contribution in [0, 0.1) is 19.8 Å². The van der Waals surface area contributed by atoms with E-state index in [0.29, 0.717) is 12.5 Å². The molecule has 0 amide bonds. The largest absolute Gasteiger partial charge is 0.481 e. The maximum absolute atomic E-state index is 11.0. The van der Waals surface area contributed by atoms with E-state index in [1.807, 2.05) is 6.92 Å². The van der Waals surface area contributed by atoms with Crippen molar-refractivity contribution >= 4 is 5.97 Å². The molecule has 1 aromatic heterocycles. The molecule has 0 bridgehead atoms. The van der Waals surface area contributed by atoms with E-state index in [1.165, 1.54) is 32.1 Å². The lowest BCUT2D eigenvalue weighted by molar-refractivity contribution is -0.141. The number of rotatable bonds is 4. The predicted molar refractivity (Wildman–Crippen MR) is 74.3 cm³/mol. The zero-order valence-corrected chi connectivity index (χ0v) is 12.1. The fraction of sp³-hybridized carbons (Fsp3) is 0.733. The maximum Gasteiger partial charge on any atom is 0.306 e. The number of hydrogen-bond acceptors (Lipinski definition) is 2. The van der Waals surface area contributed by atoms with E-state index in [4.69, 9.17) is 5.11 Å². The van der Waals surface area contributed by atoms with Gasteiger partial charge in [-0.1, -0.05) is 26.2 Å². The standard InChI is InChI=1S/C15H24N2O2/c1-10(15(18)19)9-14-11(2)16-17(12(14)3)13-7-5-4-6-8-13/h10,13H,4-9H2,1-3H3,(H,18,19). The van der Waals surface area contributed by atoms with Crippen LogP contribution in [0.2, 0.25) is 0 Å². The summed E-state index contributed by atoms with van der Waals surface area (Å²) in [7, 11) is 0. The van der Waals surface area contributed by atoms with E-state index in [0.717, 1.165) is 17.0 Å². The molecule has 1 N–H and O–H groups in total. The average Bonchev–Trinajstić information content (AvgIpc) is 2.67. The van der Waals surface area contributed by atoms with Gasteiger partial charge in [0, 0.05) is 5.69 Å². The Morgan fingerprint density at radius 2 is 2.00 bits per heavy atom. The van der Waals surface area contributed by atoms with Crippen LogP contribution in [0.15, 0.2) is 0 Å². The molecule has 19 heavy (non-hydrogen) atoms. The number of aryl methyl sites for hydroxylation is 1. The number of nitrogens with zero attached hydrogens (tertiary/aromatic N) is 2. The lowest BCUT2D eigenvalue weighted by Crippen LogP contribution is -2.16. The second-order valence-corrected chi connectivity index (χ2v) is 5.83. The van der Waals surface area contributed by atoms with Crippen molar-refractivity contribution in [2.45, 2.75) is 65.3 Å². The van der Waals surface area contributed by atoms with Crippen molar-refractivity contribution < 1.29 is 9.90 Å². The van der Waals surface area contributed by atoms with Gasteiger partial charge in [-0.2, -0.15) is 5.10 Å². The summed E-state index contributed by atoms with van der Waals surface area (Å²) in [5.41, 5.74) is 3.29. The minimum atomic E-state index is -0.732. The number of hydrogen-bond donors (Lipinski definition) is 1. The first kappa shape index (κ1) is 14.1. The van der Waals surface area contributed by atoms with Crippen LogP contribution >= 0.6 is 0 Å². The van der Waals surface area contributed by atoms with Crippen molar-refractivity contribution in [1.82, 2.24) is 9.78 Å². The molecule has 1 aliphatic rings. The second-order valence-electron chi connectivity index (χ2n) is 5.83. The molecule has 1 saturated carbocycles. The van der Waals surface area contributed by atoms with E-state index < -0.39 is 5.97 Å². The van der Waals surface area contributed by atoms with Crippen molar-refractivity contribution in [3.05, 3.63) is 17.0 Å². The first-order chi connectivity index (χ1) is 9.00. The van der Waals surface area contributed by atoms with E-state index >= 15 is 0 Å². The molecule has 1 atom stereocenters. The van der Waals surface area contributed by atoms with Gasteiger partial charge in [-0.05, 0) is 38.7 Å². The molecule has 2 rings (SSSR count). The lowest BCUT2D eigenvalue weighted by atomic mass is 9.95. The third-order valence-electron chi connectivity index (χ3n) is 4.33. The van der Waals surface area contributed by atoms with Crippen molar-refractivity contribution in [2.24, 2.45) is 5.92 Å². The van der Waals surface area contributed by atoms with Gasteiger partial charge < -0.3 is 5.11 Å². The Morgan fingerprint density at radius 1 is 1.37 bits per heavy atom. The molecular weight excluding hydrogens is 240 g/mol. The maximum atomic E-state index is 11.0. The Bertz CT molecular complexity index is 459. The highest BCUT2D eigenvalue weighted by atomic mass is 16.4. The highest BCUT2D eigenvalue weighted by molar-refractivity contribution is 5.70. The second kappa shape index (κ2) is 5.76. The van der Waals surface area contributed by atoms with Gasteiger partial charge in [0.25, 0.3) is 0 Å². The van der Waals surface area contributed by atoms with Crippen LogP contribution in [0.3, 0.4) is 0 Å². The van der Waals surface area contributed by atoms with Crippen molar-refractivity contribution in [3.63, 3.8) is 0 Å². The predicted octanol–water partition coefficient (Wildman–Crippen LogP) is 3.27. The number of carboxylic acid groups (broad SMARTS) is 1. The molecular formula is C15H24N2O2. The Balaban J connectivity index is 2.21. The Hall–Kier alpha value is -1.32. The third kappa shape index (κ3) is 2.99. The zero-order chi connectivity index (χ0) is 14.0. The lowest BCUT2D eigenvalue weighted by Gasteiger charge is -2.23. The summed E-state index contributed by atoms with van der Waals surface area (Å²) >= 11 is 0. The summed E-state index contributed by atoms with van der Waals surface area (Å²) in [6, 6.07) is 0.515. The topological polar surface area (TPSA) is 55.1 Å². The molecule has 4 nitrogen and oxygen atoms in total. The first-order valence-corrected chi connectivity index (χ1v) is 7.28. The van der Waals surface area contributed by atoms with Gasteiger partial charge in [0.2, 0.25) is 0 Å². The highest BCUT2D eigenvalue weighted by Crippen LogP contribution is 2.30. The van der Waals surface area contributed by atoms with Crippen LogP contribution in [0.1, 0.15) is 62.0 Å². The minimum Gasteiger partial charge on any atom is -0.481 e. The van der Waals surface area contributed by atoms with Crippen LogP contribution in [0.5, 0.6) is 0 Å². The molecule has 106 valence electrons. The van der Waals surface area contributed by atoms with Crippen LogP contribution in [-0.2, 0) is 11.2 Å². The monoisotopic (exact) mass is 264 g/mol. The first-order valence-electron chi connectivity index (χ1n) is 7.28. The summed E-state index contributed by atoms with van der Waals surface area (Å²) < 4.78 is 2.15. The summed E-state index contributed by atoms with van der Waals surface area (Å²) in [5.74, 6) is -1.08. The molecule has 0 spiro atoms. The van der Waals surface area contributed by atoms with Gasteiger partial charge in [0.15, 0.2) is 0 Å². The highest BCUT2D eigenvalue weighted by Gasteiger charge is 2.23. The third-order valence-corrected chi connectivity index (χ3v) is 4.33.